The van der Waals surface area contributed by atoms with Crippen molar-refractivity contribution >= 4 is 11.9 Å². The number of benzene rings is 2. The van der Waals surface area contributed by atoms with Gasteiger partial charge < -0.3 is 10.0 Å². The number of carbonyl (C=O) groups is 2. The highest BCUT2D eigenvalue weighted by Crippen LogP contribution is 2.49. The maximum atomic E-state index is 13.5. The van der Waals surface area contributed by atoms with Crippen LogP contribution in [0.15, 0.2) is 48.5 Å². The van der Waals surface area contributed by atoms with Crippen LogP contribution in [0, 0.1) is 5.82 Å². The van der Waals surface area contributed by atoms with Crippen LogP contribution in [0.2, 0.25) is 0 Å². The largest absolute Gasteiger partial charge is 0.478 e. The highest BCUT2D eigenvalue weighted by Gasteiger charge is 2.52. The lowest BCUT2D eigenvalue weighted by atomic mass is 9.94. The summed E-state index contributed by atoms with van der Waals surface area (Å²) in [5.41, 5.74) is 1.18. The zero-order chi connectivity index (χ0) is 17.3. The van der Waals surface area contributed by atoms with E-state index in [2.05, 4.69) is 0 Å². The van der Waals surface area contributed by atoms with E-state index in [0.29, 0.717) is 6.54 Å². The predicted octanol–water partition coefficient (Wildman–Crippen LogP) is 3.21. The van der Waals surface area contributed by atoms with Crippen LogP contribution in [0.4, 0.5) is 4.39 Å². The number of aromatic carboxylic acids is 1. The summed E-state index contributed by atoms with van der Waals surface area (Å²) >= 11 is 0. The molecule has 1 amide bonds. The summed E-state index contributed by atoms with van der Waals surface area (Å²) in [7, 11) is 1.72. The van der Waals surface area contributed by atoms with Gasteiger partial charge in [-0.1, -0.05) is 24.3 Å². The van der Waals surface area contributed by atoms with Crippen LogP contribution in [0.25, 0.3) is 0 Å². The van der Waals surface area contributed by atoms with Crippen molar-refractivity contribution in [3.05, 3.63) is 71.0 Å². The molecule has 0 unspecified atom stereocenters. The van der Waals surface area contributed by atoms with Crippen molar-refractivity contribution in [2.45, 2.75) is 24.8 Å². The summed E-state index contributed by atoms with van der Waals surface area (Å²) in [6.45, 7) is 0.385. The number of hydrogen-bond donors (Lipinski definition) is 1. The van der Waals surface area contributed by atoms with Gasteiger partial charge in [0.1, 0.15) is 5.82 Å². The summed E-state index contributed by atoms with van der Waals surface area (Å²) in [5.74, 6) is -1.34. The van der Waals surface area contributed by atoms with Crippen molar-refractivity contribution in [3.63, 3.8) is 0 Å². The number of carboxylic acid groups (broad SMARTS) is 1. The van der Waals surface area contributed by atoms with E-state index in [1.165, 1.54) is 24.3 Å². The Labute approximate surface area is 139 Å². The molecule has 4 nitrogen and oxygen atoms in total. The third kappa shape index (κ3) is 3.02. The number of carbonyl (C=O) groups excluding carboxylic acids is 1. The highest BCUT2D eigenvalue weighted by molar-refractivity contribution is 5.91. The number of halogens is 1. The van der Waals surface area contributed by atoms with Gasteiger partial charge >= 0.3 is 5.97 Å². The first-order chi connectivity index (χ1) is 11.4. The van der Waals surface area contributed by atoms with Crippen molar-refractivity contribution in [1.29, 1.82) is 0 Å². The number of rotatable bonds is 5. The molecule has 2 aromatic carbocycles. The average Bonchev–Trinajstić information content (AvgIpc) is 3.36. The molecule has 0 spiro atoms. The minimum absolute atomic E-state index is 0.0320. The first kappa shape index (κ1) is 16.2. The van der Waals surface area contributed by atoms with Crippen molar-refractivity contribution in [2.75, 3.05) is 7.05 Å². The maximum absolute atomic E-state index is 13.5. The lowest BCUT2D eigenvalue weighted by molar-refractivity contribution is -0.133. The van der Waals surface area contributed by atoms with Gasteiger partial charge in [0, 0.05) is 13.6 Å². The number of carboxylic acids is 1. The van der Waals surface area contributed by atoms with E-state index < -0.39 is 11.4 Å². The van der Waals surface area contributed by atoms with E-state index >= 15 is 0 Å². The predicted molar refractivity (Wildman–Crippen MR) is 87.2 cm³/mol. The van der Waals surface area contributed by atoms with Crippen molar-refractivity contribution in [2.24, 2.45) is 0 Å². The Hall–Kier alpha value is -2.69. The van der Waals surface area contributed by atoms with Gasteiger partial charge in [-0.25, -0.2) is 9.18 Å². The molecule has 0 bridgehead atoms. The Balaban J connectivity index is 1.74. The molecule has 0 aliphatic heterocycles. The Morgan fingerprint density at radius 1 is 1.17 bits per heavy atom. The molecule has 3 rings (SSSR count). The van der Waals surface area contributed by atoms with Gasteiger partial charge in [-0.15, -0.1) is 0 Å². The van der Waals surface area contributed by atoms with E-state index in [1.54, 1.807) is 36.2 Å². The normalized spacial score (nSPS) is 14.9. The van der Waals surface area contributed by atoms with E-state index in [-0.39, 0.29) is 17.3 Å². The standard InChI is InChI=1S/C19H18FNO3/c1-21(12-13-5-7-14(8-6-13)17(22)23)18(24)19(9-10-19)15-3-2-4-16(20)11-15/h2-8,11H,9-10,12H2,1H3,(H,22,23). The van der Waals surface area contributed by atoms with Gasteiger partial charge in [0.05, 0.1) is 11.0 Å². The molecule has 2 aromatic rings. The molecule has 1 aliphatic carbocycles. The second-order valence-corrected chi connectivity index (χ2v) is 6.26. The zero-order valence-corrected chi connectivity index (χ0v) is 13.3. The second kappa shape index (κ2) is 6.07. The van der Waals surface area contributed by atoms with Crippen molar-refractivity contribution in [3.8, 4) is 0 Å². The summed E-state index contributed by atoms with van der Waals surface area (Å²) in [6.07, 6.45) is 1.44. The van der Waals surface area contributed by atoms with Crippen LogP contribution in [0.3, 0.4) is 0 Å². The van der Waals surface area contributed by atoms with Crippen LogP contribution >= 0.6 is 0 Å². The molecule has 0 saturated heterocycles. The van der Waals surface area contributed by atoms with Gasteiger partial charge in [-0.2, -0.15) is 0 Å². The SMILES string of the molecule is CN(Cc1ccc(C(=O)O)cc1)C(=O)C1(c2cccc(F)c2)CC1. The zero-order valence-electron chi connectivity index (χ0n) is 13.3. The molecule has 1 saturated carbocycles. The number of likely N-dealkylation sites (N-methyl/N-ethyl adjacent to an activating group) is 1. The third-order valence-corrected chi connectivity index (χ3v) is 4.50. The lowest BCUT2D eigenvalue weighted by Crippen LogP contribution is -2.36. The molecule has 1 aliphatic rings. The molecule has 0 heterocycles. The molecular formula is C19H18FNO3. The molecule has 1 fully saturated rings. The fourth-order valence-electron chi connectivity index (χ4n) is 3.00. The Morgan fingerprint density at radius 2 is 1.83 bits per heavy atom. The van der Waals surface area contributed by atoms with E-state index in [9.17, 15) is 14.0 Å². The minimum Gasteiger partial charge on any atom is -0.478 e. The summed E-state index contributed by atoms with van der Waals surface area (Å²) in [4.78, 5) is 25.3. The smallest absolute Gasteiger partial charge is 0.335 e. The number of amides is 1. The number of nitrogens with zero attached hydrogens (tertiary/aromatic N) is 1. The van der Waals surface area contributed by atoms with Crippen molar-refractivity contribution in [1.82, 2.24) is 4.90 Å². The summed E-state index contributed by atoms with van der Waals surface area (Å²) < 4.78 is 13.5. The third-order valence-electron chi connectivity index (χ3n) is 4.50. The number of hydrogen-bond acceptors (Lipinski definition) is 2. The summed E-state index contributed by atoms with van der Waals surface area (Å²) in [6, 6.07) is 12.7. The Morgan fingerprint density at radius 3 is 2.38 bits per heavy atom. The van der Waals surface area contributed by atoms with Crippen LogP contribution in [-0.2, 0) is 16.8 Å². The maximum Gasteiger partial charge on any atom is 0.335 e. The first-order valence-electron chi connectivity index (χ1n) is 7.76. The minimum atomic E-state index is -0.978. The lowest BCUT2D eigenvalue weighted by Gasteiger charge is -2.24. The van der Waals surface area contributed by atoms with E-state index in [1.807, 2.05) is 0 Å². The van der Waals surface area contributed by atoms with Crippen LogP contribution in [-0.4, -0.2) is 28.9 Å². The van der Waals surface area contributed by atoms with Gasteiger partial charge in [-0.05, 0) is 48.2 Å². The van der Waals surface area contributed by atoms with Crippen molar-refractivity contribution < 1.29 is 19.1 Å². The molecule has 124 valence electrons. The second-order valence-electron chi connectivity index (χ2n) is 6.26. The Bertz CT molecular complexity index is 781. The van der Waals surface area contributed by atoms with Gasteiger partial charge in [0.15, 0.2) is 0 Å². The molecule has 0 atom stereocenters. The molecular weight excluding hydrogens is 309 g/mol. The van der Waals surface area contributed by atoms with E-state index in [4.69, 9.17) is 5.11 Å². The topological polar surface area (TPSA) is 57.6 Å². The molecule has 1 N–H and O–H groups in total. The molecule has 0 radical (unpaired) electrons. The molecule has 5 heteroatoms. The van der Waals surface area contributed by atoms with Gasteiger partial charge in [-0.3, -0.25) is 4.79 Å². The van der Waals surface area contributed by atoms with Gasteiger partial charge in [0.2, 0.25) is 5.91 Å². The Kier molecular flexibility index (Phi) is 4.09. The van der Waals surface area contributed by atoms with Crippen LogP contribution in [0.1, 0.15) is 34.3 Å². The fourth-order valence-corrected chi connectivity index (χ4v) is 3.00. The highest BCUT2D eigenvalue weighted by atomic mass is 19.1. The molecule has 0 aromatic heterocycles. The average molecular weight is 327 g/mol. The van der Waals surface area contributed by atoms with Crippen LogP contribution in [0.5, 0.6) is 0 Å². The molecule has 24 heavy (non-hydrogen) atoms. The monoisotopic (exact) mass is 327 g/mol. The van der Waals surface area contributed by atoms with Gasteiger partial charge in [0.25, 0.3) is 0 Å². The fraction of sp³-hybridized carbons (Fsp3) is 0.263. The van der Waals surface area contributed by atoms with E-state index in [0.717, 1.165) is 24.0 Å². The van der Waals surface area contributed by atoms with Crippen LogP contribution < -0.4 is 0 Å². The quantitative estimate of drug-likeness (QED) is 0.917. The summed E-state index contributed by atoms with van der Waals surface area (Å²) in [5, 5.41) is 8.91. The first-order valence-corrected chi connectivity index (χ1v) is 7.76.